The Bertz CT molecular complexity index is 615. The molecule has 0 radical (unpaired) electrons. The van der Waals surface area contributed by atoms with E-state index in [1.807, 2.05) is 37.3 Å². The first-order chi connectivity index (χ1) is 10.1. The lowest BCUT2D eigenvalue weighted by atomic mass is 10.0. The summed E-state index contributed by atoms with van der Waals surface area (Å²) in [4.78, 5) is 11.9. The third-order valence-electron chi connectivity index (χ3n) is 3.34. The van der Waals surface area contributed by atoms with Gasteiger partial charge in [-0.1, -0.05) is 54.9 Å². The number of amides is 1. The maximum absolute atomic E-state index is 13.6. The van der Waals surface area contributed by atoms with Crippen LogP contribution in [0.4, 0.5) is 4.39 Å². The van der Waals surface area contributed by atoms with Gasteiger partial charge in [0.15, 0.2) is 0 Å². The van der Waals surface area contributed by atoms with E-state index >= 15 is 0 Å². The molecule has 0 unspecified atom stereocenters. The Balaban J connectivity index is 1.87. The smallest absolute Gasteiger partial charge is 0.224 e. The van der Waals surface area contributed by atoms with Crippen LogP contribution in [0.15, 0.2) is 48.5 Å². The zero-order chi connectivity index (χ0) is 15.2. The van der Waals surface area contributed by atoms with Crippen molar-refractivity contribution in [2.24, 2.45) is 0 Å². The second-order valence-electron chi connectivity index (χ2n) is 5.03. The molecule has 0 saturated carbocycles. The maximum atomic E-state index is 13.6. The highest BCUT2D eigenvalue weighted by Gasteiger charge is 2.10. The Labute approximate surface area is 128 Å². The number of nitrogens with one attached hydrogen (secondary N) is 1. The summed E-state index contributed by atoms with van der Waals surface area (Å²) in [5.41, 5.74) is 1.51. The first kappa shape index (κ1) is 15.5. The lowest BCUT2D eigenvalue weighted by Crippen LogP contribution is -2.29. The van der Waals surface area contributed by atoms with Gasteiger partial charge in [-0.25, -0.2) is 4.39 Å². The summed E-state index contributed by atoms with van der Waals surface area (Å²) < 4.78 is 13.6. The lowest BCUT2D eigenvalue weighted by molar-refractivity contribution is -0.120. The molecule has 0 spiro atoms. The highest BCUT2D eigenvalue weighted by Crippen LogP contribution is 2.16. The molecule has 2 aromatic rings. The van der Waals surface area contributed by atoms with Gasteiger partial charge in [0.05, 0.1) is 6.42 Å². The van der Waals surface area contributed by atoms with Crippen molar-refractivity contribution in [3.8, 4) is 0 Å². The zero-order valence-electron chi connectivity index (χ0n) is 11.8. The van der Waals surface area contributed by atoms with Crippen LogP contribution in [0.2, 0.25) is 5.02 Å². The molecule has 0 aliphatic rings. The van der Waals surface area contributed by atoms with Gasteiger partial charge in [-0.2, -0.15) is 0 Å². The number of carbonyl (C=O) groups is 1. The highest BCUT2D eigenvalue weighted by molar-refractivity contribution is 6.30. The minimum absolute atomic E-state index is 0.0184. The summed E-state index contributed by atoms with van der Waals surface area (Å²) >= 11 is 5.68. The maximum Gasteiger partial charge on any atom is 0.224 e. The Morgan fingerprint density at radius 1 is 1.24 bits per heavy atom. The Morgan fingerprint density at radius 3 is 2.62 bits per heavy atom. The third-order valence-corrected chi connectivity index (χ3v) is 3.58. The predicted octanol–water partition coefficient (Wildman–Crippen LogP) is 3.94. The number of benzene rings is 2. The minimum Gasteiger partial charge on any atom is -0.355 e. The van der Waals surface area contributed by atoms with Crippen LogP contribution in [-0.4, -0.2) is 12.5 Å². The summed E-state index contributed by atoms with van der Waals surface area (Å²) in [6, 6.07) is 14.3. The fraction of sp³-hybridized carbons (Fsp3) is 0.235. The topological polar surface area (TPSA) is 29.1 Å². The molecule has 2 aromatic carbocycles. The van der Waals surface area contributed by atoms with E-state index in [-0.39, 0.29) is 18.2 Å². The molecule has 0 heterocycles. The van der Waals surface area contributed by atoms with Gasteiger partial charge < -0.3 is 5.32 Å². The molecular formula is C17H17ClFNO. The second kappa shape index (κ2) is 7.23. The summed E-state index contributed by atoms with van der Waals surface area (Å²) in [6.07, 6.45) is 0.0184. The van der Waals surface area contributed by atoms with Crippen LogP contribution in [-0.2, 0) is 11.2 Å². The van der Waals surface area contributed by atoms with E-state index in [9.17, 15) is 9.18 Å². The van der Waals surface area contributed by atoms with Crippen molar-refractivity contribution >= 4 is 17.5 Å². The Kier molecular flexibility index (Phi) is 5.34. The number of hydrogen-bond donors (Lipinski definition) is 1. The van der Waals surface area contributed by atoms with Gasteiger partial charge in [0, 0.05) is 11.6 Å². The number of halogens is 2. The molecule has 1 N–H and O–H groups in total. The molecule has 0 saturated heterocycles. The van der Waals surface area contributed by atoms with Gasteiger partial charge in [0.2, 0.25) is 5.91 Å². The van der Waals surface area contributed by atoms with Crippen molar-refractivity contribution in [3.63, 3.8) is 0 Å². The van der Waals surface area contributed by atoms with Gasteiger partial charge in [-0.3, -0.25) is 4.79 Å². The lowest BCUT2D eigenvalue weighted by Gasteiger charge is -2.13. The third kappa shape index (κ3) is 4.57. The van der Waals surface area contributed by atoms with Crippen molar-refractivity contribution in [1.82, 2.24) is 5.32 Å². The van der Waals surface area contributed by atoms with E-state index in [0.717, 1.165) is 5.56 Å². The van der Waals surface area contributed by atoms with Crippen molar-refractivity contribution < 1.29 is 9.18 Å². The van der Waals surface area contributed by atoms with Crippen LogP contribution in [0.5, 0.6) is 0 Å². The summed E-state index contributed by atoms with van der Waals surface area (Å²) in [7, 11) is 0. The van der Waals surface area contributed by atoms with Crippen LogP contribution < -0.4 is 5.32 Å². The van der Waals surface area contributed by atoms with Gasteiger partial charge in [-0.15, -0.1) is 0 Å². The molecule has 1 amide bonds. The fourth-order valence-electron chi connectivity index (χ4n) is 2.07. The fourth-order valence-corrected chi connectivity index (χ4v) is 2.23. The van der Waals surface area contributed by atoms with E-state index in [2.05, 4.69) is 5.32 Å². The summed E-state index contributed by atoms with van der Waals surface area (Å²) in [5, 5.41) is 3.16. The average molecular weight is 306 g/mol. The number of rotatable bonds is 5. The monoisotopic (exact) mass is 305 g/mol. The van der Waals surface area contributed by atoms with Crippen LogP contribution in [0, 0.1) is 5.82 Å². The van der Waals surface area contributed by atoms with E-state index in [1.54, 1.807) is 6.07 Å². The Morgan fingerprint density at radius 2 is 1.95 bits per heavy atom. The Hall–Kier alpha value is -1.87. The van der Waals surface area contributed by atoms with Crippen molar-refractivity contribution in [2.75, 3.05) is 6.54 Å². The second-order valence-corrected chi connectivity index (χ2v) is 5.46. The SMILES string of the molecule is C[C@H](CNC(=O)Cc1ccc(Cl)cc1F)c1ccccc1. The molecule has 0 aliphatic carbocycles. The molecule has 2 rings (SSSR count). The minimum atomic E-state index is -0.450. The van der Waals surface area contributed by atoms with Crippen LogP contribution in [0.3, 0.4) is 0 Å². The number of carbonyl (C=O) groups excluding carboxylic acids is 1. The molecular weight excluding hydrogens is 289 g/mol. The van der Waals surface area contributed by atoms with Crippen molar-refractivity contribution in [1.29, 1.82) is 0 Å². The predicted molar refractivity (Wildman–Crippen MR) is 83.0 cm³/mol. The molecule has 2 nitrogen and oxygen atoms in total. The number of hydrogen-bond acceptors (Lipinski definition) is 1. The average Bonchev–Trinajstić information content (AvgIpc) is 2.48. The van der Waals surface area contributed by atoms with E-state index in [1.165, 1.54) is 12.1 Å². The van der Waals surface area contributed by atoms with Gasteiger partial charge in [0.1, 0.15) is 5.82 Å². The van der Waals surface area contributed by atoms with Crippen molar-refractivity contribution in [2.45, 2.75) is 19.3 Å². The molecule has 21 heavy (non-hydrogen) atoms. The molecule has 0 bridgehead atoms. The molecule has 0 fully saturated rings. The normalized spacial score (nSPS) is 12.0. The zero-order valence-corrected chi connectivity index (χ0v) is 12.5. The summed E-state index contributed by atoms with van der Waals surface area (Å²) in [5.74, 6) is -0.432. The summed E-state index contributed by atoms with van der Waals surface area (Å²) in [6.45, 7) is 2.57. The van der Waals surface area contributed by atoms with E-state index in [0.29, 0.717) is 17.1 Å². The largest absolute Gasteiger partial charge is 0.355 e. The first-order valence-electron chi connectivity index (χ1n) is 6.82. The van der Waals surface area contributed by atoms with Crippen LogP contribution in [0.1, 0.15) is 24.0 Å². The molecule has 1 atom stereocenters. The van der Waals surface area contributed by atoms with Gasteiger partial charge in [-0.05, 0) is 29.2 Å². The van der Waals surface area contributed by atoms with Crippen LogP contribution in [0.25, 0.3) is 0 Å². The first-order valence-corrected chi connectivity index (χ1v) is 7.19. The molecule has 110 valence electrons. The molecule has 0 aliphatic heterocycles. The molecule has 0 aromatic heterocycles. The highest BCUT2D eigenvalue weighted by atomic mass is 35.5. The van der Waals surface area contributed by atoms with Gasteiger partial charge in [0.25, 0.3) is 0 Å². The van der Waals surface area contributed by atoms with Crippen molar-refractivity contribution in [3.05, 3.63) is 70.5 Å². The van der Waals surface area contributed by atoms with E-state index < -0.39 is 5.82 Å². The molecule has 4 heteroatoms. The van der Waals surface area contributed by atoms with Crippen LogP contribution >= 0.6 is 11.6 Å². The van der Waals surface area contributed by atoms with E-state index in [4.69, 9.17) is 11.6 Å². The standard InChI is InChI=1S/C17H17ClFNO/c1-12(13-5-3-2-4-6-13)11-20-17(21)9-14-7-8-15(18)10-16(14)19/h2-8,10,12H,9,11H2,1H3,(H,20,21)/t12-/m1/s1. The van der Waals surface area contributed by atoms with Gasteiger partial charge >= 0.3 is 0 Å². The quantitative estimate of drug-likeness (QED) is 0.890.